The molecular weight excluding hydrogens is 602 g/mol. The molecular formula is C37H52ClN3O3S. The van der Waals surface area contributed by atoms with Crippen LogP contribution < -0.4 is 0 Å². The van der Waals surface area contributed by atoms with Gasteiger partial charge in [-0.1, -0.05) is 83.5 Å². The first-order valence-corrected chi connectivity index (χ1v) is 18.8. The lowest BCUT2D eigenvalue weighted by molar-refractivity contribution is -0.0580. The van der Waals surface area contributed by atoms with Crippen LogP contribution in [-0.2, 0) is 11.3 Å². The van der Waals surface area contributed by atoms with Gasteiger partial charge in [-0.25, -0.2) is 9.78 Å². The topological polar surface area (TPSA) is 64.4 Å². The molecule has 2 aromatic heterocycles. The Labute approximate surface area is 276 Å². The average molecular weight is 654 g/mol. The first-order valence-electron chi connectivity index (χ1n) is 16.6. The van der Waals surface area contributed by atoms with Gasteiger partial charge in [-0.3, -0.25) is 13.7 Å². The predicted molar refractivity (Wildman–Crippen MR) is 189 cm³/mol. The maximum atomic E-state index is 14.7. The number of ketones is 1. The number of hydrogen-bond acceptors (Lipinski definition) is 4. The van der Waals surface area contributed by atoms with E-state index in [9.17, 15) is 9.59 Å². The summed E-state index contributed by atoms with van der Waals surface area (Å²) in [7, 11) is -1.32. The number of amides is 1. The van der Waals surface area contributed by atoms with Crippen LogP contribution in [-0.4, -0.2) is 52.6 Å². The minimum atomic E-state index is -1.32. The summed E-state index contributed by atoms with van der Waals surface area (Å²) in [5.74, 6) is 0.136. The van der Waals surface area contributed by atoms with Gasteiger partial charge in [-0.15, -0.1) is 0 Å². The largest absolute Gasteiger partial charge is 0.444 e. The molecule has 3 aromatic rings. The molecule has 0 aliphatic heterocycles. The van der Waals surface area contributed by atoms with Gasteiger partial charge in [0.2, 0.25) is 0 Å². The Bertz CT molecular complexity index is 1510. The second-order valence-corrected chi connectivity index (χ2v) is 20.2. The van der Waals surface area contributed by atoms with Crippen molar-refractivity contribution < 1.29 is 14.3 Å². The van der Waals surface area contributed by atoms with Crippen molar-refractivity contribution in [3.63, 3.8) is 0 Å². The second kappa shape index (κ2) is 12.3. The molecule has 0 atom stereocenters. The Morgan fingerprint density at radius 2 is 1.49 bits per heavy atom. The maximum absolute atomic E-state index is 14.7. The quantitative estimate of drug-likeness (QED) is 0.216. The van der Waals surface area contributed by atoms with E-state index in [0.717, 1.165) is 55.1 Å². The number of fused-ring (bicyclic) bond motifs is 4. The summed E-state index contributed by atoms with van der Waals surface area (Å²) in [5, 5.41) is 2.62. The number of nitrogens with zero attached hydrogens (tertiary/aromatic N) is 3. The van der Waals surface area contributed by atoms with E-state index in [0.29, 0.717) is 32.9 Å². The van der Waals surface area contributed by atoms with Gasteiger partial charge in [0, 0.05) is 56.6 Å². The summed E-state index contributed by atoms with van der Waals surface area (Å²) < 4.78 is 8.36. The number of pyridine rings is 1. The monoisotopic (exact) mass is 653 g/mol. The Morgan fingerprint density at radius 3 is 2.00 bits per heavy atom. The van der Waals surface area contributed by atoms with E-state index in [4.69, 9.17) is 21.3 Å². The zero-order chi connectivity index (χ0) is 32.9. The van der Waals surface area contributed by atoms with Crippen molar-refractivity contribution in [3.8, 4) is 0 Å². The van der Waals surface area contributed by atoms with Crippen LogP contribution >= 0.6 is 21.8 Å². The number of ether oxygens (including phenoxy) is 1. The molecule has 3 fully saturated rings. The number of carbonyl (C=O) groups is 2. The highest BCUT2D eigenvalue weighted by Crippen LogP contribution is 2.63. The summed E-state index contributed by atoms with van der Waals surface area (Å²) >= 11 is 6.88. The molecule has 6 rings (SSSR count). The number of benzene rings is 1. The molecule has 0 radical (unpaired) electrons. The second-order valence-electron chi connectivity index (χ2n) is 15.1. The lowest BCUT2D eigenvalue weighted by atomic mass is 9.54. The molecule has 3 aliphatic rings. The molecule has 0 saturated heterocycles. The van der Waals surface area contributed by atoms with Crippen molar-refractivity contribution >= 4 is 44.7 Å². The van der Waals surface area contributed by atoms with Crippen LogP contribution in [0.2, 0.25) is 5.02 Å². The molecule has 0 N–H and O–H groups in total. The molecule has 3 saturated carbocycles. The normalized spacial score (nSPS) is 22.4. The zero-order valence-electron chi connectivity index (χ0n) is 28.7. The number of halogens is 1. The minimum Gasteiger partial charge on any atom is -0.444 e. The van der Waals surface area contributed by atoms with Crippen LogP contribution in [0.1, 0.15) is 117 Å². The SMILES string of the molecule is CC(C)S(C(C)C)(C(C)C)n1ccc2c(C(=O)C34CCC(N(Cc5ccccc5)C(=O)OC(C)(C)C)(CC3)CC4)c(Cl)cnc21. The average Bonchev–Trinajstić information content (AvgIpc) is 3.39. The summed E-state index contributed by atoms with van der Waals surface area (Å²) in [6, 6.07) is 12.2. The molecule has 1 amide bonds. The smallest absolute Gasteiger partial charge is 0.411 e. The number of hydrogen-bond donors (Lipinski definition) is 0. The molecule has 1 aromatic carbocycles. The van der Waals surface area contributed by atoms with Crippen LogP contribution in [0, 0.1) is 5.41 Å². The summed E-state index contributed by atoms with van der Waals surface area (Å²) in [6.07, 6.45) is 8.03. The van der Waals surface area contributed by atoms with Crippen molar-refractivity contribution in [3.05, 3.63) is 64.9 Å². The zero-order valence-corrected chi connectivity index (χ0v) is 30.2. The van der Waals surface area contributed by atoms with Gasteiger partial charge < -0.3 is 4.74 Å². The van der Waals surface area contributed by atoms with Crippen LogP contribution in [0.4, 0.5) is 4.79 Å². The summed E-state index contributed by atoms with van der Waals surface area (Å²) in [5.41, 5.74) is 1.14. The van der Waals surface area contributed by atoms with Crippen molar-refractivity contribution in [2.75, 3.05) is 0 Å². The van der Waals surface area contributed by atoms with Gasteiger partial charge in [0.15, 0.2) is 5.78 Å². The van der Waals surface area contributed by atoms with Crippen molar-refractivity contribution in [1.29, 1.82) is 0 Å². The van der Waals surface area contributed by atoms with E-state index >= 15 is 0 Å². The number of carbonyl (C=O) groups excluding carboxylic acids is 2. The molecule has 2 heterocycles. The fourth-order valence-electron chi connectivity index (χ4n) is 8.52. The van der Waals surface area contributed by atoms with E-state index in [1.165, 1.54) is 0 Å². The van der Waals surface area contributed by atoms with Gasteiger partial charge >= 0.3 is 6.09 Å². The fraction of sp³-hybridized carbons (Fsp3) is 0.595. The summed E-state index contributed by atoms with van der Waals surface area (Å²) in [6.45, 7) is 20.1. The fourth-order valence-corrected chi connectivity index (χ4v) is 14.1. The molecule has 0 spiro atoms. The third-order valence-corrected chi connectivity index (χ3v) is 16.3. The van der Waals surface area contributed by atoms with E-state index in [-0.39, 0.29) is 17.4 Å². The summed E-state index contributed by atoms with van der Waals surface area (Å²) in [4.78, 5) is 35.3. The molecule has 3 aliphatic carbocycles. The van der Waals surface area contributed by atoms with Gasteiger partial charge in [0.25, 0.3) is 0 Å². The van der Waals surface area contributed by atoms with Crippen LogP contribution in [0.5, 0.6) is 0 Å². The highest BCUT2D eigenvalue weighted by atomic mass is 35.5. The van der Waals surface area contributed by atoms with E-state index < -0.39 is 21.2 Å². The first-order chi connectivity index (χ1) is 21.1. The lowest BCUT2D eigenvalue weighted by Crippen LogP contribution is -2.60. The highest BCUT2D eigenvalue weighted by molar-refractivity contribution is 8.33. The molecule has 6 nitrogen and oxygen atoms in total. The van der Waals surface area contributed by atoms with Gasteiger partial charge in [-0.05, 0) is 70.9 Å². The van der Waals surface area contributed by atoms with Crippen molar-refractivity contribution in [2.24, 2.45) is 5.41 Å². The Balaban J connectivity index is 1.49. The van der Waals surface area contributed by atoms with Crippen LogP contribution in [0.25, 0.3) is 11.0 Å². The Kier molecular flexibility index (Phi) is 9.22. The standard InChI is InChI=1S/C37H52ClN3O3S/c1-25(2)45(26(3)4,27(5)6)41-22-15-29-31(30(38)23-39-33(29)41)32(42)36-16-19-37(20-17-36,21-18-36)40(34(43)44-35(7,8)9)24-28-13-11-10-12-14-28/h10-15,22-23,25-27H,16-21,24H2,1-9H3. The molecule has 8 heteroatoms. The number of rotatable bonds is 9. The maximum Gasteiger partial charge on any atom is 0.411 e. The van der Waals surface area contributed by atoms with E-state index in [2.05, 4.69) is 69.9 Å². The third kappa shape index (κ3) is 5.81. The first kappa shape index (κ1) is 33.8. The van der Waals surface area contributed by atoms with Crippen molar-refractivity contribution in [1.82, 2.24) is 13.9 Å². The highest BCUT2D eigenvalue weighted by Gasteiger charge is 2.56. The molecule has 0 unspecified atom stereocenters. The van der Waals surface area contributed by atoms with Crippen molar-refractivity contribution in [2.45, 2.75) is 134 Å². The van der Waals surface area contributed by atoms with Gasteiger partial charge in [0.1, 0.15) is 11.2 Å². The molecule has 2 bridgehead atoms. The molecule has 246 valence electrons. The number of Topliss-reactive ketones (excluding diaryl/α,β-unsaturated/α-hetero) is 1. The third-order valence-electron chi connectivity index (χ3n) is 10.5. The van der Waals surface area contributed by atoms with Crippen LogP contribution in [0.3, 0.4) is 0 Å². The lowest BCUT2D eigenvalue weighted by Gasteiger charge is -2.56. The van der Waals surface area contributed by atoms with Gasteiger partial charge in [-0.2, -0.15) is 10.2 Å². The minimum absolute atomic E-state index is 0.136. The molecule has 45 heavy (non-hydrogen) atoms. The Morgan fingerprint density at radius 1 is 0.933 bits per heavy atom. The van der Waals surface area contributed by atoms with Crippen LogP contribution in [0.15, 0.2) is 48.8 Å². The van der Waals surface area contributed by atoms with Gasteiger partial charge in [0.05, 0.1) is 5.02 Å². The predicted octanol–water partition coefficient (Wildman–Crippen LogP) is 10.2. The Hall–Kier alpha value is -2.51. The van der Waals surface area contributed by atoms with E-state index in [1.54, 1.807) is 6.20 Å². The van der Waals surface area contributed by atoms with E-state index in [1.807, 2.05) is 43.9 Å². The number of aromatic nitrogens is 2.